The van der Waals surface area contributed by atoms with Crippen LogP contribution in [0.5, 0.6) is 5.75 Å². The Hall–Kier alpha value is -2.37. The summed E-state index contributed by atoms with van der Waals surface area (Å²) in [6.07, 6.45) is 0.801. The number of hydrogen-bond donors (Lipinski definition) is 2. The number of anilines is 2. The summed E-state index contributed by atoms with van der Waals surface area (Å²) in [4.78, 5) is 12.4. The van der Waals surface area contributed by atoms with Crippen LogP contribution in [0, 0.1) is 11.3 Å². The molecular weight excluding hydrogens is 531 g/mol. The summed E-state index contributed by atoms with van der Waals surface area (Å²) in [5, 5.41) is 4.64. The molecule has 5 rings (SSSR count). The molecule has 0 aliphatic heterocycles. The van der Waals surface area contributed by atoms with Gasteiger partial charge in [0.2, 0.25) is 5.95 Å². The zero-order valence-corrected chi connectivity index (χ0v) is 23.3. The fraction of sp³-hybridized carbons (Fsp3) is 0.481. The topological polar surface area (TPSA) is 53.5 Å². The monoisotopic (exact) mass is 563 g/mol. The summed E-state index contributed by atoms with van der Waals surface area (Å²) in [5.74, 6) is 1.86. The second-order valence-corrected chi connectivity index (χ2v) is 12.3. The van der Waals surface area contributed by atoms with Crippen molar-refractivity contribution in [3.8, 4) is 5.75 Å². The molecule has 1 atom stereocenters. The maximum atomic E-state index is 12.8. The van der Waals surface area contributed by atoms with Crippen molar-refractivity contribution in [3.63, 3.8) is 0 Å². The second kappa shape index (κ2) is 10.7. The van der Waals surface area contributed by atoms with E-state index in [-0.39, 0.29) is 11.2 Å². The van der Waals surface area contributed by atoms with Gasteiger partial charge in [-0.25, -0.2) is 9.29 Å². The van der Waals surface area contributed by atoms with Crippen molar-refractivity contribution >= 4 is 47.2 Å². The van der Waals surface area contributed by atoms with Gasteiger partial charge < -0.3 is 15.0 Å². The maximum Gasteiger partial charge on any atom is 0.573 e. The first kappa shape index (κ1) is 27.2. The van der Waals surface area contributed by atoms with Crippen molar-refractivity contribution in [2.24, 2.45) is 11.3 Å². The number of aromatic nitrogens is 2. The number of nitrogens with zero attached hydrogens (tertiary/aromatic N) is 4. The molecule has 204 valence electrons. The Morgan fingerprint density at radius 2 is 1.84 bits per heavy atom. The van der Waals surface area contributed by atoms with Crippen molar-refractivity contribution in [1.29, 1.82) is 0 Å². The van der Waals surface area contributed by atoms with E-state index >= 15 is 0 Å². The Bertz CT molecular complexity index is 1300. The average molecular weight is 564 g/mol. The first-order chi connectivity index (χ1) is 18.0. The minimum Gasteiger partial charge on any atom is -0.405 e. The van der Waals surface area contributed by atoms with Crippen LogP contribution in [0.15, 0.2) is 52.3 Å². The molecule has 11 heteroatoms. The molecule has 2 aromatic carbocycles. The van der Waals surface area contributed by atoms with Gasteiger partial charge in [-0.3, -0.25) is 0 Å². The van der Waals surface area contributed by atoms with E-state index in [1.165, 1.54) is 18.0 Å². The third-order valence-electron chi connectivity index (χ3n) is 7.52. The van der Waals surface area contributed by atoms with Crippen molar-refractivity contribution in [3.05, 3.63) is 42.5 Å². The van der Waals surface area contributed by atoms with Gasteiger partial charge in [-0.1, -0.05) is 12.1 Å². The average Bonchev–Trinajstić information content (AvgIpc) is 3.51. The Balaban J connectivity index is 1.16. The van der Waals surface area contributed by atoms with Gasteiger partial charge in [-0.15, -0.1) is 25.8 Å². The highest BCUT2D eigenvalue weighted by atomic mass is 32.2. The molecule has 2 aliphatic rings. The number of nitrogens with one attached hydrogen (secondary N) is 1. The van der Waals surface area contributed by atoms with E-state index in [0.29, 0.717) is 27.7 Å². The van der Waals surface area contributed by atoms with Gasteiger partial charge in [0.15, 0.2) is 0 Å². The van der Waals surface area contributed by atoms with Crippen LogP contribution in [-0.4, -0.2) is 54.4 Å². The quantitative estimate of drug-likeness (QED) is 0.229. The van der Waals surface area contributed by atoms with Gasteiger partial charge in [-0.05, 0) is 92.8 Å². The van der Waals surface area contributed by atoms with E-state index in [0.717, 1.165) is 55.4 Å². The molecule has 0 bridgehead atoms. The number of thiol groups is 1. The minimum atomic E-state index is -4.74. The molecule has 2 aliphatic carbocycles. The summed E-state index contributed by atoms with van der Waals surface area (Å²) in [6.45, 7) is 0.799. The molecule has 0 amide bonds. The standard InChI is InChI=1S/C27H32F3N5OS2/c1-34(2)24-19-6-4-5-7-20(19)31-25(33-24)32-23-15-26(23)12-10-17(11-13-26)16-35(3)38-22-9-8-18(37)14-21(22)36-27(28,29)30/h4-9,14,17,23,37H,10-13,15-16H2,1-3H3,(H,31,32,33)/t17?,23-,26?/m0/s1. The normalized spacial score (nSPS) is 23.2. The molecule has 2 fully saturated rings. The van der Waals surface area contributed by atoms with Crippen LogP contribution >= 0.6 is 24.6 Å². The van der Waals surface area contributed by atoms with Gasteiger partial charge in [0, 0.05) is 37.0 Å². The number of hydrogen-bond acceptors (Lipinski definition) is 8. The molecule has 1 N–H and O–H groups in total. The van der Waals surface area contributed by atoms with Crippen LogP contribution in [0.2, 0.25) is 0 Å². The van der Waals surface area contributed by atoms with Gasteiger partial charge in [0.05, 0.1) is 10.4 Å². The van der Waals surface area contributed by atoms with Crippen LogP contribution in [0.25, 0.3) is 10.9 Å². The Morgan fingerprint density at radius 3 is 2.55 bits per heavy atom. The van der Waals surface area contributed by atoms with Crippen LogP contribution in [-0.2, 0) is 0 Å². The zero-order chi connectivity index (χ0) is 27.1. The van der Waals surface area contributed by atoms with E-state index in [9.17, 15) is 13.2 Å². The van der Waals surface area contributed by atoms with Crippen molar-refractivity contribution in [1.82, 2.24) is 14.3 Å². The largest absolute Gasteiger partial charge is 0.573 e. The minimum absolute atomic E-state index is 0.218. The van der Waals surface area contributed by atoms with Crippen LogP contribution in [0.4, 0.5) is 24.9 Å². The lowest BCUT2D eigenvalue weighted by Gasteiger charge is -2.32. The highest BCUT2D eigenvalue weighted by Crippen LogP contribution is 2.58. The fourth-order valence-electron chi connectivity index (χ4n) is 5.51. The molecule has 2 saturated carbocycles. The van der Waals surface area contributed by atoms with Crippen molar-refractivity contribution in [2.75, 3.05) is 37.9 Å². The predicted molar refractivity (Wildman–Crippen MR) is 149 cm³/mol. The highest BCUT2D eigenvalue weighted by molar-refractivity contribution is 7.97. The van der Waals surface area contributed by atoms with Gasteiger partial charge in [0.25, 0.3) is 0 Å². The fourth-order valence-corrected chi connectivity index (χ4v) is 6.64. The van der Waals surface area contributed by atoms with E-state index in [4.69, 9.17) is 9.97 Å². The number of para-hydroxylation sites is 1. The molecule has 0 unspecified atom stereocenters. The first-order valence-corrected chi connectivity index (χ1v) is 13.9. The SMILES string of the molecule is CN(CC1CCC2(CC1)C[C@@H]2Nc1nc(N(C)C)c2ccccc2n1)Sc1ccc(S)cc1OC(F)(F)F. The van der Waals surface area contributed by atoms with Crippen molar-refractivity contribution < 1.29 is 17.9 Å². The van der Waals surface area contributed by atoms with Crippen molar-refractivity contribution in [2.45, 2.75) is 54.3 Å². The van der Waals surface area contributed by atoms with E-state index < -0.39 is 6.36 Å². The first-order valence-electron chi connectivity index (χ1n) is 12.7. The molecule has 0 saturated heterocycles. The summed E-state index contributed by atoms with van der Waals surface area (Å²) >= 11 is 5.43. The molecule has 1 aromatic heterocycles. The molecule has 1 spiro atoms. The second-order valence-electron chi connectivity index (χ2n) is 10.6. The third-order valence-corrected chi connectivity index (χ3v) is 8.80. The Kier molecular flexibility index (Phi) is 7.63. The zero-order valence-electron chi connectivity index (χ0n) is 21.6. The smallest absolute Gasteiger partial charge is 0.405 e. The highest BCUT2D eigenvalue weighted by Gasteiger charge is 2.55. The molecule has 3 aromatic rings. The van der Waals surface area contributed by atoms with Crippen LogP contribution < -0.4 is 15.0 Å². The number of fused-ring (bicyclic) bond motifs is 1. The van der Waals surface area contributed by atoms with E-state index in [1.54, 1.807) is 12.1 Å². The summed E-state index contributed by atoms with van der Waals surface area (Å²) in [7, 11) is 5.91. The molecular formula is C27H32F3N5OS2. The summed E-state index contributed by atoms with van der Waals surface area (Å²) in [5.41, 5.74) is 1.21. The van der Waals surface area contributed by atoms with Gasteiger partial charge >= 0.3 is 6.36 Å². The number of ether oxygens (including phenoxy) is 1. The summed E-state index contributed by atoms with van der Waals surface area (Å²) in [6, 6.07) is 13.0. The van der Waals surface area contributed by atoms with Gasteiger partial charge in [0.1, 0.15) is 11.6 Å². The van der Waals surface area contributed by atoms with Gasteiger partial charge in [-0.2, -0.15) is 4.98 Å². The Labute approximate surface area is 230 Å². The summed E-state index contributed by atoms with van der Waals surface area (Å²) < 4.78 is 44.8. The Morgan fingerprint density at radius 1 is 1.11 bits per heavy atom. The molecule has 1 heterocycles. The number of alkyl halides is 3. The molecule has 0 radical (unpaired) electrons. The number of benzene rings is 2. The van der Waals surface area contributed by atoms with E-state index in [1.807, 2.05) is 54.6 Å². The van der Waals surface area contributed by atoms with Crippen LogP contribution in [0.3, 0.4) is 0 Å². The lowest BCUT2D eigenvalue weighted by atomic mass is 9.79. The molecule has 38 heavy (non-hydrogen) atoms. The van der Waals surface area contributed by atoms with E-state index in [2.05, 4.69) is 22.7 Å². The van der Waals surface area contributed by atoms with Crippen LogP contribution in [0.1, 0.15) is 32.1 Å². The number of halogens is 3. The third kappa shape index (κ3) is 6.26. The number of rotatable bonds is 8. The maximum absolute atomic E-state index is 12.8. The lowest BCUT2D eigenvalue weighted by molar-refractivity contribution is -0.275. The predicted octanol–water partition coefficient (Wildman–Crippen LogP) is 6.88. The lowest BCUT2D eigenvalue weighted by Crippen LogP contribution is -2.27. The molecule has 6 nitrogen and oxygen atoms in total.